The Hall–Kier alpha value is -0.690. The van der Waals surface area contributed by atoms with Gasteiger partial charge in [0.25, 0.3) is 0 Å². The Morgan fingerprint density at radius 1 is 1.26 bits per heavy atom. The van der Waals surface area contributed by atoms with E-state index >= 15 is 0 Å². The van der Waals surface area contributed by atoms with Crippen LogP contribution in [0.15, 0.2) is 0 Å². The number of hydrogen-bond donors (Lipinski definition) is 1. The van der Waals surface area contributed by atoms with E-state index in [2.05, 4.69) is 28.8 Å². The van der Waals surface area contributed by atoms with Crippen LogP contribution in [0.5, 0.6) is 0 Å². The molecule has 0 aromatic heterocycles. The van der Waals surface area contributed by atoms with E-state index in [1.54, 1.807) is 0 Å². The van der Waals surface area contributed by atoms with Gasteiger partial charge in [0, 0.05) is 52.4 Å². The maximum Gasteiger partial charge on any atom is 0.334 e. The molecule has 0 aromatic carbocycles. The largest absolute Gasteiger partial charge is 0.479 e. The summed E-state index contributed by atoms with van der Waals surface area (Å²) in [6.07, 6.45) is -0.696. The van der Waals surface area contributed by atoms with Crippen molar-refractivity contribution in [2.24, 2.45) is 0 Å². The van der Waals surface area contributed by atoms with Crippen molar-refractivity contribution in [3.63, 3.8) is 0 Å². The first-order valence-electron chi connectivity index (χ1n) is 6.96. The molecule has 0 radical (unpaired) electrons. The van der Waals surface area contributed by atoms with Gasteiger partial charge in [-0.2, -0.15) is 0 Å². The van der Waals surface area contributed by atoms with Crippen LogP contribution in [-0.2, 0) is 9.53 Å². The molecule has 0 spiro atoms. The number of likely N-dealkylation sites (N-methyl/N-ethyl adjacent to an activating group) is 1. The maximum absolute atomic E-state index is 11.0. The Labute approximate surface area is 115 Å². The number of hydrogen-bond acceptors (Lipinski definition) is 5. The lowest BCUT2D eigenvalue weighted by atomic mass is 10.2. The minimum atomic E-state index is -0.864. The molecule has 1 rings (SSSR count). The third kappa shape index (κ3) is 6.33. The Kier molecular flexibility index (Phi) is 7.30. The topological polar surface area (TPSA) is 56.2 Å². The molecule has 1 aliphatic rings. The fourth-order valence-electron chi connectivity index (χ4n) is 2.17. The Balaban J connectivity index is 2.27. The molecule has 6 heteroatoms. The second-order valence-corrected chi connectivity index (χ2v) is 5.23. The van der Waals surface area contributed by atoms with Gasteiger partial charge >= 0.3 is 5.97 Å². The van der Waals surface area contributed by atoms with Gasteiger partial charge in [-0.3, -0.25) is 9.80 Å². The van der Waals surface area contributed by atoms with Gasteiger partial charge in [-0.1, -0.05) is 0 Å². The molecule has 1 fully saturated rings. The van der Waals surface area contributed by atoms with Crippen LogP contribution < -0.4 is 0 Å². The van der Waals surface area contributed by atoms with E-state index in [9.17, 15) is 4.79 Å². The molecule has 1 heterocycles. The van der Waals surface area contributed by atoms with Crippen molar-refractivity contribution in [3.8, 4) is 0 Å². The zero-order chi connectivity index (χ0) is 14.3. The normalized spacial score (nSPS) is 19.8. The number of ether oxygens (including phenoxy) is 1. The monoisotopic (exact) mass is 273 g/mol. The summed E-state index contributed by atoms with van der Waals surface area (Å²) in [6, 6.07) is 0. The molecule has 6 nitrogen and oxygen atoms in total. The second-order valence-electron chi connectivity index (χ2n) is 5.23. The summed E-state index contributed by atoms with van der Waals surface area (Å²) in [6.45, 7) is 8.76. The van der Waals surface area contributed by atoms with E-state index in [-0.39, 0.29) is 0 Å². The van der Waals surface area contributed by atoms with Gasteiger partial charge in [0.2, 0.25) is 0 Å². The molecule has 1 N–H and O–H groups in total. The highest BCUT2D eigenvalue weighted by molar-refractivity contribution is 5.72. The minimum absolute atomic E-state index is 0.444. The summed E-state index contributed by atoms with van der Waals surface area (Å²) in [5, 5.41) is 9.06. The second kappa shape index (κ2) is 8.47. The number of nitrogens with zero attached hydrogens (tertiary/aromatic N) is 3. The molecule has 1 saturated heterocycles. The first kappa shape index (κ1) is 16.4. The smallest absolute Gasteiger partial charge is 0.334 e. The zero-order valence-electron chi connectivity index (χ0n) is 12.3. The lowest BCUT2D eigenvalue weighted by Crippen LogP contribution is -2.51. The summed E-state index contributed by atoms with van der Waals surface area (Å²) in [7, 11) is 4.16. The van der Waals surface area contributed by atoms with E-state index in [0.717, 1.165) is 39.3 Å². The predicted molar refractivity (Wildman–Crippen MR) is 74.5 cm³/mol. The van der Waals surface area contributed by atoms with Gasteiger partial charge in [0.15, 0.2) is 6.10 Å². The number of rotatable bonds is 8. The molecule has 0 aliphatic carbocycles. The van der Waals surface area contributed by atoms with Gasteiger partial charge in [0.05, 0.1) is 0 Å². The molecule has 1 aliphatic heterocycles. The first-order chi connectivity index (χ1) is 9.02. The minimum Gasteiger partial charge on any atom is -0.479 e. The summed E-state index contributed by atoms with van der Waals surface area (Å²) < 4.78 is 5.25. The van der Waals surface area contributed by atoms with Gasteiger partial charge in [0.1, 0.15) is 0 Å². The summed E-state index contributed by atoms with van der Waals surface area (Å²) >= 11 is 0. The zero-order valence-corrected chi connectivity index (χ0v) is 12.3. The van der Waals surface area contributed by atoms with Crippen molar-refractivity contribution in [3.05, 3.63) is 0 Å². The van der Waals surface area contributed by atoms with Crippen LogP contribution in [0.3, 0.4) is 0 Å². The molecule has 0 aromatic rings. The van der Waals surface area contributed by atoms with Gasteiger partial charge in [-0.05, 0) is 21.0 Å². The highest BCUT2D eigenvalue weighted by atomic mass is 16.5. The van der Waals surface area contributed by atoms with E-state index in [1.807, 2.05) is 6.92 Å². The standard InChI is InChI=1S/C13H27N3O3/c1-4-19-12(13(17)18)11-16-9-7-15(8-10-16)6-5-14(2)3/h12H,4-11H2,1-3H3,(H,17,18). The van der Waals surface area contributed by atoms with Crippen LogP contribution in [0, 0.1) is 0 Å². The molecular formula is C13H27N3O3. The van der Waals surface area contributed by atoms with Crippen molar-refractivity contribution >= 4 is 5.97 Å². The highest BCUT2D eigenvalue weighted by Crippen LogP contribution is 2.05. The van der Waals surface area contributed by atoms with Crippen molar-refractivity contribution < 1.29 is 14.6 Å². The van der Waals surface area contributed by atoms with Crippen LogP contribution in [0.4, 0.5) is 0 Å². The van der Waals surface area contributed by atoms with Crippen LogP contribution in [0.2, 0.25) is 0 Å². The first-order valence-corrected chi connectivity index (χ1v) is 6.96. The molecule has 1 atom stereocenters. The third-order valence-electron chi connectivity index (χ3n) is 3.40. The van der Waals surface area contributed by atoms with Crippen LogP contribution in [-0.4, -0.2) is 98.4 Å². The number of carbonyl (C=O) groups is 1. The molecule has 0 amide bonds. The van der Waals surface area contributed by atoms with Crippen LogP contribution in [0.25, 0.3) is 0 Å². The predicted octanol–water partition coefficient (Wildman–Crippen LogP) is -0.345. The van der Waals surface area contributed by atoms with E-state index < -0.39 is 12.1 Å². The molecule has 1 unspecified atom stereocenters. The fourth-order valence-corrected chi connectivity index (χ4v) is 2.17. The average Bonchev–Trinajstić information content (AvgIpc) is 2.37. The summed E-state index contributed by atoms with van der Waals surface area (Å²) in [4.78, 5) is 17.8. The lowest BCUT2D eigenvalue weighted by molar-refractivity contribution is -0.151. The van der Waals surface area contributed by atoms with Crippen molar-refractivity contribution in [1.29, 1.82) is 0 Å². The highest BCUT2D eigenvalue weighted by Gasteiger charge is 2.24. The van der Waals surface area contributed by atoms with Crippen LogP contribution in [0.1, 0.15) is 6.92 Å². The number of piperazine rings is 1. The van der Waals surface area contributed by atoms with Crippen molar-refractivity contribution in [1.82, 2.24) is 14.7 Å². The van der Waals surface area contributed by atoms with E-state index in [4.69, 9.17) is 9.84 Å². The molecule has 19 heavy (non-hydrogen) atoms. The number of aliphatic carboxylic acids is 1. The quantitative estimate of drug-likeness (QED) is 0.653. The third-order valence-corrected chi connectivity index (χ3v) is 3.40. The number of carboxylic acid groups (broad SMARTS) is 1. The van der Waals surface area contributed by atoms with E-state index in [1.165, 1.54) is 0 Å². The Bertz CT molecular complexity index is 266. The van der Waals surface area contributed by atoms with Gasteiger partial charge in [-0.15, -0.1) is 0 Å². The van der Waals surface area contributed by atoms with Crippen molar-refractivity contribution in [2.75, 3.05) is 66.5 Å². The molecule has 0 bridgehead atoms. The fraction of sp³-hybridized carbons (Fsp3) is 0.923. The SMILES string of the molecule is CCOC(CN1CCN(CCN(C)C)CC1)C(=O)O. The number of carboxylic acids is 1. The van der Waals surface area contributed by atoms with E-state index in [0.29, 0.717) is 13.2 Å². The van der Waals surface area contributed by atoms with Gasteiger partial charge < -0.3 is 14.7 Å². The maximum atomic E-state index is 11.0. The lowest BCUT2D eigenvalue weighted by Gasteiger charge is -2.36. The summed E-state index contributed by atoms with van der Waals surface area (Å²) in [5.41, 5.74) is 0. The molecule has 112 valence electrons. The average molecular weight is 273 g/mol. The van der Waals surface area contributed by atoms with Crippen LogP contribution >= 0.6 is 0 Å². The summed E-state index contributed by atoms with van der Waals surface area (Å²) in [5.74, 6) is -0.864. The molecular weight excluding hydrogens is 246 g/mol. The van der Waals surface area contributed by atoms with Gasteiger partial charge in [-0.25, -0.2) is 4.79 Å². The van der Waals surface area contributed by atoms with Crippen molar-refractivity contribution in [2.45, 2.75) is 13.0 Å². The molecule has 0 saturated carbocycles. The Morgan fingerprint density at radius 3 is 2.32 bits per heavy atom. The Morgan fingerprint density at radius 2 is 1.84 bits per heavy atom.